The Bertz CT molecular complexity index is 964. The van der Waals surface area contributed by atoms with E-state index in [1.165, 1.54) is 6.33 Å². The van der Waals surface area contributed by atoms with Gasteiger partial charge in [-0.25, -0.2) is 9.97 Å². The van der Waals surface area contributed by atoms with Crippen LogP contribution in [0.25, 0.3) is 0 Å². The Hall–Kier alpha value is -2.58. The lowest BCUT2D eigenvalue weighted by atomic mass is 10.00. The second-order valence-electron chi connectivity index (χ2n) is 9.50. The second kappa shape index (κ2) is 11.2. The molecule has 0 aliphatic carbocycles. The summed E-state index contributed by atoms with van der Waals surface area (Å²) >= 11 is 6.49. The average Bonchev–Trinajstić information content (AvgIpc) is 3.25. The van der Waals surface area contributed by atoms with Gasteiger partial charge in [0.25, 0.3) is 0 Å². The van der Waals surface area contributed by atoms with Gasteiger partial charge in [-0.05, 0) is 51.8 Å². The summed E-state index contributed by atoms with van der Waals surface area (Å²) in [7, 11) is 0. The number of rotatable bonds is 10. The second-order valence-corrected chi connectivity index (χ2v) is 9.88. The predicted octanol–water partition coefficient (Wildman–Crippen LogP) is 3.96. The van der Waals surface area contributed by atoms with Crippen molar-refractivity contribution in [3.63, 3.8) is 0 Å². The number of carbonyl (C=O) groups excluding carboxylic acids is 1. The minimum atomic E-state index is -0.994. The summed E-state index contributed by atoms with van der Waals surface area (Å²) < 4.78 is 11.8. The lowest BCUT2D eigenvalue weighted by Gasteiger charge is -2.21. The van der Waals surface area contributed by atoms with E-state index in [1.54, 1.807) is 13.8 Å². The first-order chi connectivity index (χ1) is 16.1. The van der Waals surface area contributed by atoms with E-state index in [1.807, 2.05) is 43.0 Å². The number of aromatic nitrogens is 2. The van der Waals surface area contributed by atoms with Gasteiger partial charge in [0, 0.05) is 19.0 Å². The van der Waals surface area contributed by atoms with Crippen LogP contribution in [-0.4, -0.2) is 58.4 Å². The molecule has 2 aromatic rings. The van der Waals surface area contributed by atoms with Gasteiger partial charge < -0.3 is 24.8 Å². The number of carbonyl (C=O) groups is 1. The molecular formula is C25H35ClN4O4. The van der Waals surface area contributed by atoms with Crippen LogP contribution in [0.3, 0.4) is 0 Å². The van der Waals surface area contributed by atoms with Crippen LogP contribution in [0.15, 0.2) is 30.6 Å². The summed E-state index contributed by atoms with van der Waals surface area (Å²) in [4.78, 5) is 22.9. The number of nitrogens with one attached hydrogen (secondary N) is 1. The third-order valence-corrected chi connectivity index (χ3v) is 6.15. The molecule has 186 valence electrons. The van der Waals surface area contributed by atoms with Crippen molar-refractivity contribution in [2.24, 2.45) is 0 Å². The maximum Gasteiger partial charge on any atom is 0.238 e. The van der Waals surface area contributed by atoms with Crippen molar-refractivity contribution in [2.75, 3.05) is 24.6 Å². The van der Waals surface area contributed by atoms with Crippen LogP contribution >= 0.6 is 11.6 Å². The molecule has 1 aliphatic heterocycles. The van der Waals surface area contributed by atoms with Crippen molar-refractivity contribution in [1.29, 1.82) is 0 Å². The number of ether oxygens (including phenoxy) is 2. The van der Waals surface area contributed by atoms with Crippen molar-refractivity contribution in [3.8, 4) is 11.6 Å². The van der Waals surface area contributed by atoms with Crippen LogP contribution in [0, 0.1) is 0 Å². The average molecular weight is 491 g/mol. The summed E-state index contributed by atoms with van der Waals surface area (Å²) in [6.07, 6.45) is 3.10. The van der Waals surface area contributed by atoms with Crippen molar-refractivity contribution < 1.29 is 19.4 Å². The van der Waals surface area contributed by atoms with Gasteiger partial charge in [0.2, 0.25) is 11.8 Å². The van der Waals surface area contributed by atoms with E-state index in [2.05, 4.69) is 22.2 Å². The SMILES string of the molecule is CC[C@@H](C)NC(=O)C(C)c1ccc(O[C@@H]2CCN(c3ncnc(OCC(C)(C)O)c3Cl)C2)cc1. The van der Waals surface area contributed by atoms with Crippen LogP contribution in [0.1, 0.15) is 58.9 Å². The number of amides is 1. The van der Waals surface area contributed by atoms with E-state index >= 15 is 0 Å². The highest BCUT2D eigenvalue weighted by atomic mass is 35.5. The van der Waals surface area contributed by atoms with Gasteiger partial charge >= 0.3 is 0 Å². The predicted molar refractivity (Wildman–Crippen MR) is 133 cm³/mol. The van der Waals surface area contributed by atoms with Crippen LogP contribution in [0.5, 0.6) is 11.6 Å². The zero-order valence-corrected chi connectivity index (χ0v) is 21.3. The molecule has 8 nitrogen and oxygen atoms in total. The third kappa shape index (κ3) is 6.96. The first kappa shape index (κ1) is 26.0. The van der Waals surface area contributed by atoms with Gasteiger partial charge in [0.1, 0.15) is 29.8 Å². The Morgan fingerprint density at radius 3 is 2.65 bits per heavy atom. The number of nitrogens with zero attached hydrogens (tertiary/aromatic N) is 3. The molecule has 2 N–H and O–H groups in total. The number of hydrogen-bond acceptors (Lipinski definition) is 7. The van der Waals surface area contributed by atoms with Crippen LogP contribution < -0.4 is 19.7 Å². The number of aliphatic hydroxyl groups is 1. The molecule has 0 spiro atoms. The lowest BCUT2D eigenvalue weighted by Crippen LogP contribution is -2.35. The Morgan fingerprint density at radius 2 is 2.00 bits per heavy atom. The largest absolute Gasteiger partial charge is 0.489 e. The molecule has 9 heteroatoms. The Balaban J connectivity index is 1.58. The van der Waals surface area contributed by atoms with E-state index in [0.717, 1.165) is 30.7 Å². The highest BCUT2D eigenvalue weighted by Crippen LogP contribution is 2.33. The molecule has 1 aromatic carbocycles. The van der Waals surface area contributed by atoms with Crippen molar-refractivity contribution in [2.45, 2.75) is 71.1 Å². The quantitative estimate of drug-likeness (QED) is 0.520. The fourth-order valence-electron chi connectivity index (χ4n) is 3.58. The van der Waals surface area contributed by atoms with Crippen molar-refractivity contribution in [1.82, 2.24) is 15.3 Å². The fraction of sp³-hybridized carbons (Fsp3) is 0.560. The van der Waals surface area contributed by atoms with E-state index < -0.39 is 5.60 Å². The summed E-state index contributed by atoms with van der Waals surface area (Å²) in [5.74, 6) is 1.40. The van der Waals surface area contributed by atoms with Gasteiger partial charge in [-0.2, -0.15) is 0 Å². The Morgan fingerprint density at radius 1 is 1.29 bits per heavy atom. The minimum absolute atomic E-state index is 0.0243. The molecule has 1 fully saturated rings. The van der Waals surface area contributed by atoms with Gasteiger partial charge in [0.05, 0.1) is 18.1 Å². The monoisotopic (exact) mass is 490 g/mol. The molecular weight excluding hydrogens is 456 g/mol. The Labute approximate surface area is 206 Å². The minimum Gasteiger partial charge on any atom is -0.489 e. The molecule has 1 aromatic heterocycles. The molecule has 1 amide bonds. The van der Waals surface area contributed by atoms with E-state index in [4.69, 9.17) is 21.1 Å². The number of anilines is 1. The van der Waals surface area contributed by atoms with Crippen LogP contribution in [0.4, 0.5) is 5.82 Å². The number of halogens is 1. The van der Waals surface area contributed by atoms with Gasteiger partial charge in [-0.15, -0.1) is 0 Å². The van der Waals surface area contributed by atoms with Crippen LogP contribution in [0.2, 0.25) is 5.02 Å². The smallest absolute Gasteiger partial charge is 0.238 e. The Kier molecular flexibility index (Phi) is 8.60. The van der Waals surface area contributed by atoms with Crippen LogP contribution in [-0.2, 0) is 4.79 Å². The normalized spacial score (nSPS) is 17.9. The molecule has 3 atom stereocenters. The van der Waals surface area contributed by atoms with E-state index in [9.17, 15) is 9.90 Å². The van der Waals surface area contributed by atoms with Gasteiger partial charge in [-0.1, -0.05) is 30.7 Å². The van der Waals surface area contributed by atoms with Gasteiger partial charge in [0.15, 0.2) is 5.82 Å². The maximum absolute atomic E-state index is 12.4. The van der Waals surface area contributed by atoms with E-state index in [0.29, 0.717) is 17.4 Å². The highest BCUT2D eigenvalue weighted by molar-refractivity contribution is 6.34. The molecule has 2 heterocycles. The molecule has 0 saturated carbocycles. The number of benzene rings is 1. The topological polar surface area (TPSA) is 96.8 Å². The fourth-order valence-corrected chi connectivity index (χ4v) is 3.85. The van der Waals surface area contributed by atoms with Crippen molar-refractivity contribution >= 4 is 23.3 Å². The lowest BCUT2D eigenvalue weighted by molar-refractivity contribution is -0.122. The summed E-state index contributed by atoms with van der Waals surface area (Å²) in [6.45, 7) is 10.7. The first-order valence-corrected chi connectivity index (χ1v) is 12.1. The standard InChI is InChI=1S/C25H35ClN4O4/c1-6-16(2)29-23(31)17(3)18-7-9-19(10-8-18)34-20-11-12-30(13-20)22-21(26)24(28-15-27-22)33-14-25(4,5)32/h7-10,15-17,20,32H,6,11-14H2,1-5H3,(H,29,31)/t16-,17?,20-/m1/s1. The zero-order valence-electron chi connectivity index (χ0n) is 20.5. The summed E-state index contributed by atoms with van der Waals surface area (Å²) in [5, 5.41) is 13.2. The summed E-state index contributed by atoms with van der Waals surface area (Å²) in [5.41, 5.74) is -0.0425. The molecule has 0 bridgehead atoms. The third-order valence-electron chi connectivity index (χ3n) is 5.82. The van der Waals surface area contributed by atoms with Gasteiger partial charge in [-0.3, -0.25) is 4.79 Å². The molecule has 1 saturated heterocycles. The molecule has 0 radical (unpaired) electrons. The number of hydrogen-bond donors (Lipinski definition) is 2. The first-order valence-electron chi connectivity index (χ1n) is 11.7. The van der Waals surface area contributed by atoms with Crippen molar-refractivity contribution in [3.05, 3.63) is 41.2 Å². The summed E-state index contributed by atoms with van der Waals surface area (Å²) in [6, 6.07) is 7.86. The van der Waals surface area contributed by atoms with E-state index in [-0.39, 0.29) is 36.5 Å². The zero-order chi connectivity index (χ0) is 24.9. The molecule has 1 unspecified atom stereocenters. The molecule has 34 heavy (non-hydrogen) atoms. The maximum atomic E-state index is 12.4. The molecule has 3 rings (SSSR count). The molecule has 1 aliphatic rings. The highest BCUT2D eigenvalue weighted by Gasteiger charge is 2.28.